The monoisotopic (exact) mass is 492 g/mol. The number of fused-ring (bicyclic) bond motifs is 1. The predicted molar refractivity (Wildman–Crippen MR) is 129 cm³/mol. The minimum Gasteiger partial charge on any atom is -0.406 e. The summed E-state index contributed by atoms with van der Waals surface area (Å²) in [5, 5.41) is 9.19. The highest BCUT2D eigenvalue weighted by atomic mass is 35.5. The Balaban J connectivity index is 0.00000324. The van der Waals surface area contributed by atoms with Crippen molar-refractivity contribution < 1.29 is 22.7 Å². The molecule has 0 aromatic heterocycles. The van der Waals surface area contributed by atoms with E-state index in [0.29, 0.717) is 5.56 Å². The first-order valence-corrected chi connectivity index (χ1v) is 11.2. The van der Waals surface area contributed by atoms with Crippen LogP contribution in [0, 0.1) is 0 Å². The van der Waals surface area contributed by atoms with E-state index in [1.54, 1.807) is 0 Å². The number of hydrogen-bond donors (Lipinski definition) is 2. The summed E-state index contributed by atoms with van der Waals surface area (Å²) in [7, 11) is 0. The normalized spacial score (nSPS) is 19.2. The number of hydrogen-bond acceptors (Lipinski definition) is 3. The molecule has 0 spiro atoms. The van der Waals surface area contributed by atoms with Gasteiger partial charge in [-0.15, -0.1) is 25.6 Å². The van der Waals surface area contributed by atoms with Gasteiger partial charge in [0.15, 0.2) is 0 Å². The molecule has 3 atom stereocenters. The Morgan fingerprint density at radius 3 is 2.29 bits per heavy atom. The summed E-state index contributed by atoms with van der Waals surface area (Å²) in [4.78, 5) is 12.8. The molecule has 0 aliphatic heterocycles. The average Bonchev–Trinajstić information content (AvgIpc) is 2.79. The molecule has 4 rings (SSSR count). The zero-order chi connectivity index (χ0) is 23.4. The van der Waals surface area contributed by atoms with Crippen LogP contribution < -0.4 is 15.4 Å². The molecule has 1 fully saturated rings. The molecule has 182 valence electrons. The van der Waals surface area contributed by atoms with Crippen LogP contribution >= 0.6 is 12.4 Å². The number of benzene rings is 3. The molecule has 1 saturated carbocycles. The first-order chi connectivity index (χ1) is 15.8. The molecule has 0 heterocycles. The van der Waals surface area contributed by atoms with Gasteiger partial charge in [-0.25, -0.2) is 0 Å². The summed E-state index contributed by atoms with van der Waals surface area (Å²) in [5.74, 6) is -0.648. The number of halogens is 4. The van der Waals surface area contributed by atoms with Gasteiger partial charge in [-0.3, -0.25) is 4.79 Å². The highest BCUT2D eigenvalue weighted by Gasteiger charge is 2.31. The fourth-order valence-electron chi connectivity index (χ4n) is 4.60. The second-order valence-electron chi connectivity index (χ2n) is 8.50. The topological polar surface area (TPSA) is 50.4 Å². The summed E-state index contributed by atoms with van der Waals surface area (Å²) >= 11 is 0. The summed E-state index contributed by atoms with van der Waals surface area (Å²) in [6.07, 6.45) is -0.870. The van der Waals surface area contributed by atoms with Crippen LogP contribution in [0.15, 0.2) is 66.7 Å². The average molecular weight is 493 g/mol. The van der Waals surface area contributed by atoms with E-state index >= 15 is 0 Å². The van der Waals surface area contributed by atoms with Crippen LogP contribution in [0.4, 0.5) is 13.2 Å². The summed E-state index contributed by atoms with van der Waals surface area (Å²) < 4.78 is 40.9. The molecule has 0 saturated heterocycles. The first kappa shape index (κ1) is 25.8. The highest BCUT2D eigenvalue weighted by Crippen LogP contribution is 2.27. The lowest BCUT2D eigenvalue weighted by Gasteiger charge is -2.35. The Morgan fingerprint density at radius 2 is 1.59 bits per heavy atom. The Labute approximate surface area is 203 Å². The van der Waals surface area contributed by atoms with Crippen molar-refractivity contribution in [2.75, 3.05) is 0 Å². The number of carbonyl (C=O) groups is 1. The van der Waals surface area contributed by atoms with Gasteiger partial charge in [0.1, 0.15) is 5.75 Å². The predicted octanol–water partition coefficient (Wildman–Crippen LogP) is 6.55. The van der Waals surface area contributed by atoms with Gasteiger partial charge in [0.25, 0.3) is 5.91 Å². The van der Waals surface area contributed by atoms with Crippen LogP contribution in [-0.4, -0.2) is 24.4 Å². The lowest BCUT2D eigenvalue weighted by Crippen LogP contribution is -2.52. The number of alkyl halides is 3. The molecule has 3 aromatic rings. The number of ether oxygens (including phenoxy) is 1. The van der Waals surface area contributed by atoms with Crippen molar-refractivity contribution >= 4 is 29.1 Å². The van der Waals surface area contributed by atoms with Gasteiger partial charge in [-0.2, -0.15) is 0 Å². The molecule has 1 aliphatic rings. The number of carbonyl (C=O) groups excluding carboxylic acids is 1. The van der Waals surface area contributed by atoms with E-state index in [9.17, 15) is 18.0 Å². The van der Waals surface area contributed by atoms with E-state index in [4.69, 9.17) is 0 Å². The molecule has 8 heteroatoms. The van der Waals surface area contributed by atoms with Crippen LogP contribution in [0.25, 0.3) is 10.8 Å². The molecular formula is C26H28ClF3N2O2. The smallest absolute Gasteiger partial charge is 0.406 e. The number of nitrogens with one attached hydrogen (secondary N) is 2. The molecule has 0 unspecified atom stereocenters. The van der Waals surface area contributed by atoms with Gasteiger partial charge in [0.05, 0.1) is 0 Å². The maximum atomic E-state index is 12.8. The van der Waals surface area contributed by atoms with Gasteiger partial charge >= 0.3 is 6.36 Å². The SMILES string of the molecule is C[C@@H](N[C@H]1CCCC[C@@H]1NC(=O)c1ccc(OC(F)(F)F)cc1)c1cccc2ccccc12.Cl. The number of rotatable bonds is 6. The van der Waals surface area contributed by atoms with Crippen molar-refractivity contribution in [2.45, 2.75) is 57.1 Å². The summed E-state index contributed by atoms with van der Waals surface area (Å²) in [5.41, 5.74) is 1.51. The van der Waals surface area contributed by atoms with Crippen molar-refractivity contribution in [1.29, 1.82) is 0 Å². The van der Waals surface area contributed by atoms with Crippen molar-refractivity contribution in [3.63, 3.8) is 0 Å². The maximum Gasteiger partial charge on any atom is 0.573 e. The Morgan fingerprint density at radius 1 is 0.941 bits per heavy atom. The maximum absolute atomic E-state index is 12.8. The molecule has 1 amide bonds. The minimum absolute atomic E-state index is 0. The summed E-state index contributed by atoms with van der Waals surface area (Å²) in [6.45, 7) is 2.13. The Hall–Kier alpha value is -2.77. The Kier molecular flexibility index (Phi) is 8.44. The largest absolute Gasteiger partial charge is 0.573 e. The molecule has 0 bridgehead atoms. The van der Waals surface area contributed by atoms with Crippen LogP contribution in [0.2, 0.25) is 0 Å². The molecule has 1 aliphatic carbocycles. The first-order valence-electron chi connectivity index (χ1n) is 11.2. The molecule has 34 heavy (non-hydrogen) atoms. The molecular weight excluding hydrogens is 465 g/mol. The number of amides is 1. The van der Waals surface area contributed by atoms with Crippen LogP contribution in [0.1, 0.15) is 54.6 Å². The van der Waals surface area contributed by atoms with Crippen molar-refractivity contribution in [3.05, 3.63) is 77.9 Å². The van der Waals surface area contributed by atoms with Gasteiger partial charge < -0.3 is 15.4 Å². The molecule has 4 nitrogen and oxygen atoms in total. The minimum atomic E-state index is -4.76. The van der Waals surface area contributed by atoms with E-state index in [1.165, 1.54) is 28.5 Å². The third kappa shape index (κ3) is 6.42. The highest BCUT2D eigenvalue weighted by molar-refractivity contribution is 5.94. The van der Waals surface area contributed by atoms with Gasteiger partial charge in [-0.05, 0) is 60.4 Å². The van der Waals surface area contributed by atoms with Gasteiger partial charge in [-0.1, -0.05) is 55.3 Å². The fourth-order valence-corrected chi connectivity index (χ4v) is 4.60. The van der Waals surface area contributed by atoms with Crippen LogP contribution in [0.5, 0.6) is 5.75 Å². The quantitative estimate of drug-likeness (QED) is 0.410. The zero-order valence-electron chi connectivity index (χ0n) is 18.8. The fraction of sp³-hybridized carbons (Fsp3) is 0.346. The van der Waals surface area contributed by atoms with Crippen LogP contribution in [0.3, 0.4) is 0 Å². The zero-order valence-corrected chi connectivity index (χ0v) is 19.6. The van der Waals surface area contributed by atoms with Crippen molar-refractivity contribution in [2.24, 2.45) is 0 Å². The van der Waals surface area contributed by atoms with E-state index in [1.807, 2.05) is 12.1 Å². The second-order valence-corrected chi connectivity index (χ2v) is 8.50. The third-order valence-electron chi connectivity index (χ3n) is 6.19. The lowest BCUT2D eigenvalue weighted by molar-refractivity contribution is -0.274. The second kappa shape index (κ2) is 11.1. The van der Waals surface area contributed by atoms with Gasteiger partial charge in [0.2, 0.25) is 0 Å². The Bertz CT molecular complexity index is 1100. The standard InChI is InChI=1S/C26H27F3N2O2.ClH/c1-17(21-10-6-8-18-7-2-3-9-22(18)21)30-23-11-4-5-12-24(23)31-25(32)19-13-15-20(16-14-19)33-26(27,28)29;/h2-3,6-10,13-17,23-24,30H,4-5,11-12H2,1H3,(H,31,32);1H/t17-,23+,24+;/m1./s1. The van der Waals surface area contributed by atoms with Crippen molar-refractivity contribution in [3.8, 4) is 5.75 Å². The molecule has 0 radical (unpaired) electrons. The van der Waals surface area contributed by atoms with Crippen LogP contribution in [-0.2, 0) is 0 Å². The van der Waals surface area contributed by atoms with Crippen molar-refractivity contribution in [1.82, 2.24) is 10.6 Å². The third-order valence-corrected chi connectivity index (χ3v) is 6.19. The lowest BCUT2D eigenvalue weighted by atomic mass is 9.88. The molecule has 2 N–H and O–H groups in total. The van der Waals surface area contributed by atoms with E-state index in [-0.39, 0.29) is 42.2 Å². The summed E-state index contributed by atoms with van der Waals surface area (Å²) in [6, 6.07) is 19.7. The van der Waals surface area contributed by atoms with E-state index < -0.39 is 6.36 Å². The van der Waals surface area contributed by atoms with Gasteiger partial charge in [0, 0.05) is 23.7 Å². The molecule has 3 aromatic carbocycles. The van der Waals surface area contributed by atoms with E-state index in [2.05, 4.69) is 52.6 Å². The van der Waals surface area contributed by atoms with E-state index in [0.717, 1.165) is 37.8 Å².